The molecular formula is C21H21N5O2. The Kier molecular flexibility index (Phi) is 6.06. The van der Waals surface area contributed by atoms with Crippen molar-refractivity contribution < 1.29 is 9.59 Å². The molecule has 2 N–H and O–H groups in total. The van der Waals surface area contributed by atoms with E-state index in [1.165, 1.54) is 0 Å². The van der Waals surface area contributed by atoms with E-state index in [0.717, 1.165) is 11.4 Å². The molecule has 0 spiro atoms. The number of rotatable bonds is 6. The summed E-state index contributed by atoms with van der Waals surface area (Å²) in [5, 5.41) is 5.68. The Hall–Kier alpha value is -3.61. The summed E-state index contributed by atoms with van der Waals surface area (Å²) in [5.74, 6) is -0.740. The van der Waals surface area contributed by atoms with E-state index < -0.39 is 0 Å². The van der Waals surface area contributed by atoms with Gasteiger partial charge < -0.3 is 10.6 Å². The Morgan fingerprint density at radius 3 is 1.57 bits per heavy atom. The largest absolute Gasteiger partial charge is 0.343 e. The molecule has 0 saturated heterocycles. The number of amides is 2. The number of hydrogen-bond acceptors (Lipinski definition) is 5. The third-order valence-corrected chi connectivity index (χ3v) is 4.17. The van der Waals surface area contributed by atoms with Gasteiger partial charge in [-0.3, -0.25) is 19.6 Å². The molecule has 0 aromatic carbocycles. The van der Waals surface area contributed by atoms with Crippen LogP contribution in [0.4, 0.5) is 0 Å². The van der Waals surface area contributed by atoms with E-state index in [9.17, 15) is 9.59 Å². The second kappa shape index (κ2) is 8.85. The van der Waals surface area contributed by atoms with Gasteiger partial charge in [-0.2, -0.15) is 0 Å². The number of hydrogen-bond donors (Lipinski definition) is 2. The molecule has 3 aromatic heterocycles. The molecule has 142 valence electrons. The fraction of sp³-hybridized carbons (Fsp3) is 0.190. The van der Waals surface area contributed by atoms with Crippen LogP contribution in [0.25, 0.3) is 0 Å². The molecule has 0 saturated carbocycles. The van der Waals surface area contributed by atoms with E-state index in [1.807, 2.05) is 50.2 Å². The number of nitrogens with zero attached hydrogens (tertiary/aromatic N) is 3. The van der Waals surface area contributed by atoms with Gasteiger partial charge in [0, 0.05) is 12.4 Å². The summed E-state index contributed by atoms with van der Waals surface area (Å²) in [6.45, 7) is 3.68. The molecule has 3 rings (SSSR count). The maximum atomic E-state index is 12.5. The normalized spacial score (nSPS) is 12.6. The number of aromatic nitrogens is 3. The SMILES string of the molecule is C[C@H](NC(=O)c1cccc(C(=O)N[C@@H](C)c2ccccn2)n1)c1ccccn1. The van der Waals surface area contributed by atoms with Gasteiger partial charge >= 0.3 is 0 Å². The highest BCUT2D eigenvalue weighted by Crippen LogP contribution is 2.11. The Morgan fingerprint density at radius 1 is 0.714 bits per heavy atom. The van der Waals surface area contributed by atoms with Crippen molar-refractivity contribution in [2.24, 2.45) is 0 Å². The average molecular weight is 375 g/mol. The average Bonchev–Trinajstić information content (AvgIpc) is 2.75. The van der Waals surface area contributed by atoms with Gasteiger partial charge in [0.05, 0.1) is 23.5 Å². The Labute approximate surface area is 163 Å². The van der Waals surface area contributed by atoms with E-state index in [0.29, 0.717) is 0 Å². The molecule has 3 heterocycles. The first kappa shape index (κ1) is 19.2. The molecule has 0 unspecified atom stereocenters. The topological polar surface area (TPSA) is 96.9 Å². The maximum Gasteiger partial charge on any atom is 0.270 e. The lowest BCUT2D eigenvalue weighted by atomic mass is 10.2. The Bertz CT molecular complexity index is 873. The molecule has 0 radical (unpaired) electrons. The van der Waals surface area contributed by atoms with Crippen molar-refractivity contribution in [1.82, 2.24) is 25.6 Å². The monoisotopic (exact) mass is 375 g/mol. The number of carbonyl (C=O) groups excluding carboxylic acids is 2. The first-order valence-corrected chi connectivity index (χ1v) is 8.95. The summed E-state index contributed by atoms with van der Waals surface area (Å²) in [6.07, 6.45) is 3.34. The summed E-state index contributed by atoms with van der Waals surface area (Å²) in [6, 6.07) is 15.2. The third kappa shape index (κ3) is 4.76. The quantitative estimate of drug-likeness (QED) is 0.690. The van der Waals surface area contributed by atoms with Gasteiger partial charge in [-0.15, -0.1) is 0 Å². The third-order valence-electron chi connectivity index (χ3n) is 4.17. The van der Waals surface area contributed by atoms with Crippen molar-refractivity contribution in [2.45, 2.75) is 25.9 Å². The van der Waals surface area contributed by atoms with Gasteiger partial charge in [0.25, 0.3) is 11.8 Å². The van der Waals surface area contributed by atoms with Crippen LogP contribution in [0.5, 0.6) is 0 Å². The van der Waals surface area contributed by atoms with Crippen LogP contribution in [0.2, 0.25) is 0 Å². The molecule has 2 atom stereocenters. The molecule has 0 fully saturated rings. The predicted octanol–water partition coefficient (Wildman–Crippen LogP) is 2.85. The van der Waals surface area contributed by atoms with E-state index in [-0.39, 0.29) is 35.3 Å². The number of nitrogens with one attached hydrogen (secondary N) is 2. The van der Waals surface area contributed by atoms with Crippen molar-refractivity contribution in [1.29, 1.82) is 0 Å². The molecule has 0 bridgehead atoms. The molecule has 7 nitrogen and oxygen atoms in total. The van der Waals surface area contributed by atoms with Crippen LogP contribution in [0, 0.1) is 0 Å². The summed E-state index contributed by atoms with van der Waals surface area (Å²) in [4.78, 5) is 37.7. The van der Waals surface area contributed by atoms with Crippen molar-refractivity contribution in [2.75, 3.05) is 0 Å². The molecule has 0 aliphatic rings. The zero-order chi connectivity index (χ0) is 19.9. The van der Waals surface area contributed by atoms with E-state index in [2.05, 4.69) is 25.6 Å². The van der Waals surface area contributed by atoms with Gasteiger partial charge in [0.1, 0.15) is 11.4 Å². The Balaban J connectivity index is 1.67. The van der Waals surface area contributed by atoms with E-state index in [1.54, 1.807) is 30.6 Å². The fourth-order valence-corrected chi connectivity index (χ4v) is 2.64. The van der Waals surface area contributed by atoms with Gasteiger partial charge in [0.2, 0.25) is 0 Å². The van der Waals surface area contributed by atoms with Crippen LogP contribution in [0.1, 0.15) is 58.3 Å². The maximum absolute atomic E-state index is 12.5. The zero-order valence-electron chi connectivity index (χ0n) is 15.7. The zero-order valence-corrected chi connectivity index (χ0v) is 15.7. The molecule has 2 amide bonds. The van der Waals surface area contributed by atoms with Crippen LogP contribution < -0.4 is 10.6 Å². The highest BCUT2D eigenvalue weighted by atomic mass is 16.2. The fourth-order valence-electron chi connectivity index (χ4n) is 2.64. The Morgan fingerprint density at radius 2 is 1.18 bits per heavy atom. The second-order valence-electron chi connectivity index (χ2n) is 6.31. The molecular weight excluding hydrogens is 354 g/mol. The van der Waals surface area contributed by atoms with E-state index >= 15 is 0 Å². The molecule has 0 aliphatic carbocycles. The van der Waals surface area contributed by atoms with Crippen molar-refractivity contribution in [3.8, 4) is 0 Å². The first-order chi connectivity index (χ1) is 13.5. The predicted molar refractivity (Wildman–Crippen MR) is 104 cm³/mol. The minimum Gasteiger partial charge on any atom is -0.343 e. The first-order valence-electron chi connectivity index (χ1n) is 8.95. The van der Waals surface area contributed by atoms with Crippen LogP contribution in [0.3, 0.4) is 0 Å². The lowest BCUT2D eigenvalue weighted by Gasteiger charge is -2.14. The smallest absolute Gasteiger partial charge is 0.270 e. The second-order valence-corrected chi connectivity index (χ2v) is 6.31. The van der Waals surface area contributed by atoms with Gasteiger partial charge in [-0.25, -0.2) is 4.98 Å². The van der Waals surface area contributed by atoms with Crippen LogP contribution in [-0.4, -0.2) is 26.8 Å². The molecule has 3 aromatic rings. The van der Waals surface area contributed by atoms with Crippen molar-refractivity contribution in [3.63, 3.8) is 0 Å². The molecule has 28 heavy (non-hydrogen) atoms. The van der Waals surface area contributed by atoms with Gasteiger partial charge in [-0.1, -0.05) is 18.2 Å². The highest BCUT2D eigenvalue weighted by molar-refractivity contribution is 5.96. The minimum atomic E-state index is -0.370. The van der Waals surface area contributed by atoms with Crippen molar-refractivity contribution in [3.05, 3.63) is 89.8 Å². The van der Waals surface area contributed by atoms with E-state index in [4.69, 9.17) is 0 Å². The standard InChI is InChI=1S/C21H21N5O2/c1-14(16-8-3-5-12-22-16)24-20(27)18-10-7-11-19(26-18)21(28)25-15(2)17-9-4-6-13-23-17/h3-15H,1-2H3,(H,24,27)(H,25,28)/t14-,15-/m0/s1. The number of pyridine rings is 3. The van der Waals surface area contributed by atoms with Crippen molar-refractivity contribution >= 4 is 11.8 Å². The lowest BCUT2D eigenvalue weighted by molar-refractivity contribution is 0.0930. The molecule has 7 heteroatoms. The van der Waals surface area contributed by atoms with Gasteiger partial charge in [-0.05, 0) is 50.2 Å². The highest BCUT2D eigenvalue weighted by Gasteiger charge is 2.17. The summed E-state index contributed by atoms with van der Waals surface area (Å²) in [7, 11) is 0. The molecule has 0 aliphatic heterocycles. The van der Waals surface area contributed by atoms with Crippen LogP contribution in [-0.2, 0) is 0 Å². The van der Waals surface area contributed by atoms with Crippen LogP contribution >= 0.6 is 0 Å². The summed E-state index contributed by atoms with van der Waals surface area (Å²) < 4.78 is 0. The van der Waals surface area contributed by atoms with Gasteiger partial charge in [0.15, 0.2) is 0 Å². The minimum absolute atomic E-state index is 0.168. The summed E-state index contributed by atoms with van der Waals surface area (Å²) in [5.41, 5.74) is 1.82. The summed E-state index contributed by atoms with van der Waals surface area (Å²) >= 11 is 0. The van der Waals surface area contributed by atoms with Crippen LogP contribution in [0.15, 0.2) is 67.0 Å². The number of carbonyl (C=O) groups is 2. The lowest BCUT2D eigenvalue weighted by Crippen LogP contribution is -2.30.